The molecule has 4 nitrogen and oxygen atoms in total. The minimum atomic E-state index is -0.341. The summed E-state index contributed by atoms with van der Waals surface area (Å²) in [5.74, 6) is 0. The van der Waals surface area contributed by atoms with Crippen LogP contribution in [0.4, 0.5) is 10.5 Å². The van der Waals surface area contributed by atoms with Gasteiger partial charge in [-0.25, -0.2) is 4.79 Å². The minimum Gasteiger partial charge on any atom is -0.447 e. The Balaban J connectivity index is 1.92. The van der Waals surface area contributed by atoms with E-state index >= 15 is 0 Å². The molecule has 1 aliphatic heterocycles. The fraction of sp³-hybridized carbons (Fsp3) is 0.462. The summed E-state index contributed by atoms with van der Waals surface area (Å²) in [5, 5.41) is 6.17. The highest BCUT2D eigenvalue weighted by Crippen LogP contribution is 2.20. The largest absolute Gasteiger partial charge is 0.447 e. The molecule has 0 bridgehead atoms. The molecule has 4 heteroatoms. The molecule has 1 aromatic carbocycles. The van der Waals surface area contributed by atoms with E-state index in [9.17, 15) is 4.79 Å². The van der Waals surface area contributed by atoms with Gasteiger partial charge in [0.15, 0.2) is 0 Å². The third kappa shape index (κ3) is 3.12. The molecule has 1 atom stereocenters. The van der Waals surface area contributed by atoms with E-state index in [2.05, 4.69) is 22.8 Å². The molecular formula is C13H18N2O2. The molecule has 0 saturated carbocycles. The zero-order valence-corrected chi connectivity index (χ0v) is 10.2. The summed E-state index contributed by atoms with van der Waals surface area (Å²) in [7, 11) is 0. The number of benzene rings is 1. The highest BCUT2D eigenvalue weighted by atomic mass is 16.6. The number of nitrogens with one attached hydrogen (secondary N) is 2. The number of carbonyl (C=O) groups excluding carboxylic acids is 1. The Morgan fingerprint density at radius 1 is 1.47 bits per heavy atom. The van der Waals surface area contributed by atoms with Crippen molar-refractivity contribution in [2.45, 2.75) is 32.4 Å². The average Bonchev–Trinajstić information content (AvgIpc) is 2.27. The van der Waals surface area contributed by atoms with Crippen LogP contribution in [0.5, 0.6) is 0 Å². The SMILES string of the molecule is CC(C)OC(=O)NC1CNc2ccccc2C1. The fourth-order valence-electron chi connectivity index (χ4n) is 1.96. The van der Waals surface area contributed by atoms with Crippen molar-refractivity contribution in [3.8, 4) is 0 Å². The summed E-state index contributed by atoms with van der Waals surface area (Å²) < 4.78 is 5.06. The van der Waals surface area contributed by atoms with Crippen LogP contribution >= 0.6 is 0 Å². The van der Waals surface area contributed by atoms with Crippen molar-refractivity contribution in [3.63, 3.8) is 0 Å². The van der Waals surface area contributed by atoms with Crippen LogP contribution in [0.3, 0.4) is 0 Å². The van der Waals surface area contributed by atoms with E-state index in [1.165, 1.54) is 5.56 Å². The number of alkyl carbamates (subject to hydrolysis) is 1. The molecule has 2 rings (SSSR count). The molecule has 0 aromatic heterocycles. The first-order valence-electron chi connectivity index (χ1n) is 5.94. The van der Waals surface area contributed by atoms with Crippen molar-refractivity contribution in [2.75, 3.05) is 11.9 Å². The van der Waals surface area contributed by atoms with E-state index in [4.69, 9.17) is 4.74 Å². The Morgan fingerprint density at radius 3 is 3.00 bits per heavy atom. The monoisotopic (exact) mass is 234 g/mol. The maximum Gasteiger partial charge on any atom is 0.407 e. The van der Waals surface area contributed by atoms with Gasteiger partial charge in [0.1, 0.15) is 0 Å². The van der Waals surface area contributed by atoms with E-state index in [1.807, 2.05) is 26.0 Å². The third-order valence-electron chi connectivity index (χ3n) is 2.69. The van der Waals surface area contributed by atoms with Gasteiger partial charge in [0.2, 0.25) is 0 Å². The quantitative estimate of drug-likeness (QED) is 0.824. The van der Waals surface area contributed by atoms with Gasteiger partial charge in [0.25, 0.3) is 0 Å². The second-order valence-corrected chi connectivity index (χ2v) is 4.54. The Labute approximate surface area is 101 Å². The van der Waals surface area contributed by atoms with Gasteiger partial charge < -0.3 is 15.4 Å². The lowest BCUT2D eigenvalue weighted by molar-refractivity contribution is 0.112. The van der Waals surface area contributed by atoms with Crippen molar-refractivity contribution in [2.24, 2.45) is 0 Å². The number of amides is 1. The zero-order valence-electron chi connectivity index (χ0n) is 10.2. The molecule has 1 amide bonds. The number of ether oxygens (including phenoxy) is 1. The van der Waals surface area contributed by atoms with Crippen LogP contribution in [0.25, 0.3) is 0 Å². The average molecular weight is 234 g/mol. The lowest BCUT2D eigenvalue weighted by Crippen LogP contribution is -2.44. The summed E-state index contributed by atoms with van der Waals surface area (Å²) in [6.07, 6.45) is 0.418. The molecule has 2 N–H and O–H groups in total. The highest BCUT2D eigenvalue weighted by molar-refractivity contribution is 5.68. The van der Waals surface area contributed by atoms with E-state index in [0.717, 1.165) is 18.7 Å². The lowest BCUT2D eigenvalue weighted by atomic mass is 10.00. The molecule has 0 radical (unpaired) electrons. The Bertz CT molecular complexity index is 404. The van der Waals surface area contributed by atoms with E-state index in [0.29, 0.717) is 0 Å². The summed E-state index contributed by atoms with van der Waals surface area (Å²) in [4.78, 5) is 11.5. The van der Waals surface area contributed by atoms with Crippen LogP contribution in [-0.4, -0.2) is 24.8 Å². The first-order valence-corrected chi connectivity index (χ1v) is 5.94. The summed E-state index contributed by atoms with van der Waals surface area (Å²) in [6, 6.07) is 8.24. The van der Waals surface area contributed by atoms with Crippen molar-refractivity contribution >= 4 is 11.8 Å². The van der Waals surface area contributed by atoms with Gasteiger partial charge in [-0.05, 0) is 31.9 Å². The topological polar surface area (TPSA) is 50.4 Å². The number of hydrogen-bond acceptors (Lipinski definition) is 3. The molecule has 0 aliphatic carbocycles. The second-order valence-electron chi connectivity index (χ2n) is 4.54. The zero-order chi connectivity index (χ0) is 12.3. The number of para-hydroxylation sites is 1. The van der Waals surface area contributed by atoms with Crippen LogP contribution in [0.1, 0.15) is 19.4 Å². The molecular weight excluding hydrogens is 216 g/mol. The van der Waals surface area contributed by atoms with Gasteiger partial charge in [-0.2, -0.15) is 0 Å². The van der Waals surface area contributed by atoms with Crippen molar-refractivity contribution in [1.82, 2.24) is 5.32 Å². The lowest BCUT2D eigenvalue weighted by Gasteiger charge is -2.26. The van der Waals surface area contributed by atoms with E-state index in [-0.39, 0.29) is 18.2 Å². The van der Waals surface area contributed by atoms with Gasteiger partial charge in [0.05, 0.1) is 12.1 Å². The number of fused-ring (bicyclic) bond motifs is 1. The third-order valence-corrected chi connectivity index (χ3v) is 2.69. The molecule has 0 spiro atoms. The molecule has 17 heavy (non-hydrogen) atoms. The van der Waals surface area contributed by atoms with Crippen LogP contribution in [-0.2, 0) is 11.2 Å². The van der Waals surface area contributed by atoms with Gasteiger partial charge >= 0.3 is 6.09 Å². The molecule has 92 valence electrons. The van der Waals surface area contributed by atoms with Crippen LogP contribution in [0.2, 0.25) is 0 Å². The van der Waals surface area contributed by atoms with Gasteiger partial charge in [-0.15, -0.1) is 0 Å². The van der Waals surface area contributed by atoms with Crippen molar-refractivity contribution < 1.29 is 9.53 Å². The summed E-state index contributed by atoms with van der Waals surface area (Å²) in [6.45, 7) is 4.42. The van der Waals surface area contributed by atoms with Crippen molar-refractivity contribution in [1.29, 1.82) is 0 Å². The van der Waals surface area contributed by atoms with Crippen molar-refractivity contribution in [3.05, 3.63) is 29.8 Å². The second kappa shape index (κ2) is 5.08. The van der Waals surface area contributed by atoms with Gasteiger partial charge in [-0.1, -0.05) is 18.2 Å². The summed E-state index contributed by atoms with van der Waals surface area (Å²) in [5.41, 5.74) is 2.39. The highest BCUT2D eigenvalue weighted by Gasteiger charge is 2.20. The first-order chi connectivity index (χ1) is 8.15. The Kier molecular flexibility index (Phi) is 3.52. The van der Waals surface area contributed by atoms with Gasteiger partial charge in [-0.3, -0.25) is 0 Å². The molecule has 1 heterocycles. The molecule has 1 unspecified atom stereocenters. The summed E-state index contributed by atoms with van der Waals surface area (Å²) >= 11 is 0. The van der Waals surface area contributed by atoms with Gasteiger partial charge in [0, 0.05) is 12.2 Å². The Morgan fingerprint density at radius 2 is 2.24 bits per heavy atom. The predicted octanol–water partition coefficient (Wildman–Crippen LogP) is 2.16. The van der Waals surface area contributed by atoms with Crippen LogP contribution in [0, 0.1) is 0 Å². The fourth-order valence-corrected chi connectivity index (χ4v) is 1.96. The minimum absolute atomic E-state index is 0.0844. The number of hydrogen-bond donors (Lipinski definition) is 2. The first kappa shape index (κ1) is 11.8. The number of carbonyl (C=O) groups is 1. The molecule has 0 fully saturated rings. The standard InChI is InChI=1S/C13H18N2O2/c1-9(2)17-13(16)15-11-7-10-5-3-4-6-12(10)14-8-11/h3-6,9,11,14H,7-8H2,1-2H3,(H,15,16). The molecule has 1 aliphatic rings. The van der Waals surface area contributed by atoms with Crippen LogP contribution < -0.4 is 10.6 Å². The predicted molar refractivity (Wildman–Crippen MR) is 67.2 cm³/mol. The molecule has 1 aromatic rings. The maximum atomic E-state index is 11.5. The van der Waals surface area contributed by atoms with E-state index in [1.54, 1.807) is 0 Å². The molecule has 0 saturated heterocycles. The number of anilines is 1. The normalized spacial score (nSPS) is 18.2. The maximum absolute atomic E-state index is 11.5. The van der Waals surface area contributed by atoms with Crippen LogP contribution in [0.15, 0.2) is 24.3 Å². The smallest absolute Gasteiger partial charge is 0.407 e. The Hall–Kier alpha value is -1.71. The van der Waals surface area contributed by atoms with E-state index < -0.39 is 0 Å². The number of rotatable bonds is 2.